The zero-order valence-electron chi connectivity index (χ0n) is 7.39. The molecular formula is C10H14N. The van der Waals surface area contributed by atoms with Gasteiger partial charge in [0.25, 0.3) is 0 Å². The highest BCUT2D eigenvalue weighted by atomic mass is 14.6. The average molecular weight is 148 g/mol. The molecule has 0 amide bonds. The van der Waals surface area contributed by atoms with Crippen LogP contribution in [0.25, 0.3) is 0 Å². The fourth-order valence-electron chi connectivity index (χ4n) is 0.948. The topological polar surface area (TPSA) is 12.9 Å². The van der Waals surface area contributed by atoms with Crippen LogP contribution >= 0.6 is 0 Å². The van der Waals surface area contributed by atoms with E-state index in [2.05, 4.69) is 38.0 Å². The number of aryl methyl sites for hydroxylation is 1. The molecule has 1 heteroatoms. The Kier molecular flexibility index (Phi) is 2.64. The van der Waals surface area contributed by atoms with Gasteiger partial charge in [-0.05, 0) is 23.5 Å². The summed E-state index contributed by atoms with van der Waals surface area (Å²) in [5, 5.41) is 0. The summed E-state index contributed by atoms with van der Waals surface area (Å²) in [6, 6.07) is 2.18. The van der Waals surface area contributed by atoms with Crippen molar-refractivity contribution in [3.05, 3.63) is 29.6 Å². The van der Waals surface area contributed by atoms with Gasteiger partial charge in [-0.1, -0.05) is 26.8 Å². The van der Waals surface area contributed by atoms with Crippen molar-refractivity contribution in [1.29, 1.82) is 0 Å². The second-order valence-corrected chi connectivity index (χ2v) is 3.05. The Bertz CT molecular complexity index is 228. The average Bonchev–Trinajstić information content (AvgIpc) is 2.05. The van der Waals surface area contributed by atoms with Crippen LogP contribution in [0.4, 0.5) is 0 Å². The minimum Gasteiger partial charge on any atom is -0.254 e. The number of rotatable bonds is 2. The van der Waals surface area contributed by atoms with Gasteiger partial charge in [0.05, 0.1) is 6.20 Å². The highest BCUT2D eigenvalue weighted by molar-refractivity contribution is 5.19. The summed E-state index contributed by atoms with van der Waals surface area (Å²) in [7, 11) is 0. The number of hydrogen-bond acceptors (Lipinski definition) is 1. The van der Waals surface area contributed by atoms with Crippen LogP contribution in [-0.4, -0.2) is 4.98 Å². The molecular weight excluding hydrogens is 134 g/mol. The standard InChI is InChI=1S/C10H14N/c1-4-9-5-10(8(2)3)7-11-6-9/h5-6,8H,4H2,1-3H3. The fourth-order valence-corrected chi connectivity index (χ4v) is 0.948. The first-order chi connectivity index (χ1) is 5.24. The minimum atomic E-state index is 0.536. The van der Waals surface area contributed by atoms with Crippen molar-refractivity contribution in [3.8, 4) is 0 Å². The first-order valence-corrected chi connectivity index (χ1v) is 4.10. The molecule has 1 aromatic rings. The van der Waals surface area contributed by atoms with Crippen LogP contribution < -0.4 is 0 Å². The maximum absolute atomic E-state index is 4.05. The highest BCUT2D eigenvalue weighted by Crippen LogP contribution is 2.13. The highest BCUT2D eigenvalue weighted by Gasteiger charge is 1.99. The van der Waals surface area contributed by atoms with Crippen molar-refractivity contribution in [1.82, 2.24) is 4.98 Å². The first-order valence-electron chi connectivity index (χ1n) is 4.10. The molecule has 0 unspecified atom stereocenters. The maximum atomic E-state index is 4.05. The van der Waals surface area contributed by atoms with E-state index in [1.165, 1.54) is 11.1 Å². The number of pyridine rings is 1. The summed E-state index contributed by atoms with van der Waals surface area (Å²) >= 11 is 0. The fraction of sp³-hybridized carbons (Fsp3) is 0.500. The van der Waals surface area contributed by atoms with E-state index >= 15 is 0 Å². The van der Waals surface area contributed by atoms with Crippen LogP contribution in [0.2, 0.25) is 0 Å². The second-order valence-electron chi connectivity index (χ2n) is 3.05. The summed E-state index contributed by atoms with van der Waals surface area (Å²) in [5.74, 6) is 0.536. The van der Waals surface area contributed by atoms with Gasteiger partial charge in [-0.3, -0.25) is 4.98 Å². The normalized spacial score (nSPS) is 10.5. The van der Waals surface area contributed by atoms with E-state index in [1.807, 2.05) is 6.20 Å². The predicted octanol–water partition coefficient (Wildman–Crippen LogP) is 2.57. The molecule has 0 saturated heterocycles. The third-order valence-corrected chi connectivity index (χ3v) is 1.80. The summed E-state index contributed by atoms with van der Waals surface area (Å²) in [6.45, 7) is 6.46. The lowest BCUT2D eigenvalue weighted by Crippen LogP contribution is -1.91. The second kappa shape index (κ2) is 3.51. The van der Waals surface area contributed by atoms with Gasteiger partial charge in [-0.15, -0.1) is 0 Å². The quantitative estimate of drug-likeness (QED) is 0.628. The zero-order valence-corrected chi connectivity index (χ0v) is 7.39. The molecule has 1 nitrogen and oxygen atoms in total. The lowest BCUT2D eigenvalue weighted by Gasteiger charge is -2.04. The molecule has 0 N–H and O–H groups in total. The van der Waals surface area contributed by atoms with Crippen LogP contribution in [0, 0.1) is 6.20 Å². The molecule has 11 heavy (non-hydrogen) atoms. The molecule has 0 aromatic carbocycles. The molecule has 0 fully saturated rings. The Morgan fingerprint density at radius 1 is 1.55 bits per heavy atom. The molecule has 0 bridgehead atoms. The number of aromatic nitrogens is 1. The van der Waals surface area contributed by atoms with Gasteiger partial charge in [0.2, 0.25) is 0 Å². The van der Waals surface area contributed by atoms with Gasteiger partial charge in [0, 0.05) is 6.20 Å². The SMILES string of the molecule is CCc1cn[c]c(C(C)C)c1. The summed E-state index contributed by atoms with van der Waals surface area (Å²) in [5.41, 5.74) is 2.51. The lowest BCUT2D eigenvalue weighted by atomic mass is 10.0. The van der Waals surface area contributed by atoms with Gasteiger partial charge in [-0.25, -0.2) is 0 Å². The summed E-state index contributed by atoms with van der Waals surface area (Å²) < 4.78 is 0. The molecule has 1 rings (SSSR count). The Morgan fingerprint density at radius 2 is 2.27 bits per heavy atom. The van der Waals surface area contributed by atoms with E-state index in [-0.39, 0.29) is 0 Å². The van der Waals surface area contributed by atoms with Crippen LogP contribution in [-0.2, 0) is 6.42 Å². The van der Waals surface area contributed by atoms with E-state index in [1.54, 1.807) is 0 Å². The van der Waals surface area contributed by atoms with E-state index in [4.69, 9.17) is 0 Å². The van der Waals surface area contributed by atoms with Gasteiger partial charge in [0.15, 0.2) is 0 Å². The first kappa shape index (κ1) is 8.25. The molecule has 1 radical (unpaired) electrons. The summed E-state index contributed by atoms with van der Waals surface area (Å²) in [4.78, 5) is 4.05. The van der Waals surface area contributed by atoms with E-state index in [9.17, 15) is 0 Å². The monoisotopic (exact) mass is 148 g/mol. The van der Waals surface area contributed by atoms with Crippen molar-refractivity contribution in [2.45, 2.75) is 33.1 Å². The minimum absolute atomic E-state index is 0.536. The third kappa shape index (κ3) is 2.04. The van der Waals surface area contributed by atoms with Gasteiger partial charge in [-0.2, -0.15) is 0 Å². The molecule has 1 heterocycles. The van der Waals surface area contributed by atoms with Gasteiger partial charge >= 0.3 is 0 Å². The van der Waals surface area contributed by atoms with E-state index in [0.29, 0.717) is 5.92 Å². The van der Waals surface area contributed by atoms with Crippen LogP contribution in [0.15, 0.2) is 12.3 Å². The maximum Gasteiger partial charge on any atom is 0.0923 e. The largest absolute Gasteiger partial charge is 0.254 e. The molecule has 0 aliphatic carbocycles. The molecule has 59 valence electrons. The molecule has 0 aliphatic rings. The van der Waals surface area contributed by atoms with Crippen molar-refractivity contribution in [2.75, 3.05) is 0 Å². The van der Waals surface area contributed by atoms with Crippen LogP contribution in [0.1, 0.15) is 37.8 Å². The van der Waals surface area contributed by atoms with E-state index < -0.39 is 0 Å². The number of nitrogens with zero attached hydrogens (tertiary/aromatic N) is 1. The summed E-state index contributed by atoms with van der Waals surface area (Å²) in [6.07, 6.45) is 5.93. The van der Waals surface area contributed by atoms with Gasteiger partial charge in [0.1, 0.15) is 0 Å². The predicted molar refractivity (Wildman–Crippen MR) is 46.5 cm³/mol. The third-order valence-electron chi connectivity index (χ3n) is 1.80. The molecule has 1 aromatic heterocycles. The van der Waals surface area contributed by atoms with Crippen molar-refractivity contribution >= 4 is 0 Å². The zero-order chi connectivity index (χ0) is 8.27. The van der Waals surface area contributed by atoms with Crippen LogP contribution in [0.3, 0.4) is 0 Å². The molecule has 0 aliphatic heterocycles. The molecule has 0 spiro atoms. The Morgan fingerprint density at radius 3 is 2.82 bits per heavy atom. The van der Waals surface area contributed by atoms with Gasteiger partial charge < -0.3 is 0 Å². The van der Waals surface area contributed by atoms with Crippen molar-refractivity contribution < 1.29 is 0 Å². The smallest absolute Gasteiger partial charge is 0.0923 e. The lowest BCUT2D eigenvalue weighted by molar-refractivity contribution is 0.849. The van der Waals surface area contributed by atoms with Crippen molar-refractivity contribution in [3.63, 3.8) is 0 Å². The number of hydrogen-bond donors (Lipinski definition) is 0. The van der Waals surface area contributed by atoms with E-state index in [0.717, 1.165) is 6.42 Å². The van der Waals surface area contributed by atoms with Crippen molar-refractivity contribution in [2.24, 2.45) is 0 Å². The Balaban J connectivity index is 2.91. The molecule has 0 atom stereocenters. The molecule has 0 saturated carbocycles. The Labute approximate surface area is 68.5 Å². The van der Waals surface area contributed by atoms with Crippen LogP contribution in [0.5, 0.6) is 0 Å². The Hall–Kier alpha value is -0.850.